The average Bonchev–Trinajstić information content (AvgIpc) is 2.94. The van der Waals surface area contributed by atoms with Gasteiger partial charge in [0.1, 0.15) is 0 Å². The lowest BCUT2D eigenvalue weighted by Crippen LogP contribution is -2.39. The van der Waals surface area contributed by atoms with Crippen LogP contribution >= 0.6 is 0 Å². The molecular weight excluding hydrogens is 302 g/mol. The summed E-state index contributed by atoms with van der Waals surface area (Å²) < 4.78 is 0. The van der Waals surface area contributed by atoms with Crippen molar-refractivity contribution in [3.8, 4) is 0 Å². The Morgan fingerprint density at radius 2 is 1.72 bits per heavy atom. The third kappa shape index (κ3) is 5.12. The maximum atomic E-state index is 4.55. The van der Waals surface area contributed by atoms with Crippen LogP contribution in [0.2, 0.25) is 0 Å². The Balaban J connectivity index is 1.82. The molecule has 25 heavy (non-hydrogen) atoms. The van der Waals surface area contributed by atoms with E-state index in [4.69, 9.17) is 0 Å². The van der Waals surface area contributed by atoms with Gasteiger partial charge in [0.05, 0.1) is 0 Å². The highest BCUT2D eigenvalue weighted by Gasteiger charge is 2.52. The van der Waals surface area contributed by atoms with E-state index in [0.29, 0.717) is 0 Å². The Kier molecular flexibility index (Phi) is 8.05. The molecule has 8 unspecified atom stereocenters. The Morgan fingerprint density at radius 1 is 1.04 bits per heavy atom. The number of fused-ring (bicyclic) bond motifs is 1. The molecule has 1 nitrogen and oxygen atoms in total. The van der Waals surface area contributed by atoms with Crippen LogP contribution < -0.4 is 5.32 Å². The minimum absolute atomic E-state index is 0.831. The van der Waals surface area contributed by atoms with Gasteiger partial charge in [-0.05, 0) is 99.5 Å². The van der Waals surface area contributed by atoms with Crippen LogP contribution in [0.5, 0.6) is 0 Å². The van der Waals surface area contributed by atoms with Crippen LogP contribution in [0.15, 0.2) is 12.2 Å². The van der Waals surface area contributed by atoms with Crippen molar-refractivity contribution in [3.05, 3.63) is 12.2 Å². The highest BCUT2D eigenvalue weighted by atomic mass is 14.8. The molecule has 2 aliphatic rings. The maximum absolute atomic E-state index is 4.55. The molecule has 0 radical (unpaired) electrons. The fourth-order valence-electron chi connectivity index (χ4n) is 6.11. The predicted octanol–water partition coefficient (Wildman–Crippen LogP) is 6.55. The monoisotopic (exact) mass is 347 g/mol. The summed E-state index contributed by atoms with van der Waals surface area (Å²) in [4.78, 5) is 0. The van der Waals surface area contributed by atoms with Gasteiger partial charge in [-0.15, -0.1) is 0 Å². The second-order valence-electron chi connectivity index (χ2n) is 9.89. The van der Waals surface area contributed by atoms with Gasteiger partial charge in [0, 0.05) is 0 Å². The van der Waals surface area contributed by atoms with E-state index in [0.717, 1.165) is 53.9 Å². The summed E-state index contributed by atoms with van der Waals surface area (Å²) in [5, 5.41) is 3.28. The van der Waals surface area contributed by atoms with Crippen molar-refractivity contribution < 1.29 is 0 Å². The molecule has 0 aromatic rings. The molecule has 0 spiro atoms. The third-order valence-electron chi connectivity index (χ3n) is 7.80. The van der Waals surface area contributed by atoms with Crippen LogP contribution in [-0.2, 0) is 0 Å². The minimum Gasteiger partial charge on any atom is -0.320 e. The largest absolute Gasteiger partial charge is 0.320 e. The van der Waals surface area contributed by atoms with Gasteiger partial charge < -0.3 is 5.32 Å². The highest BCUT2D eigenvalue weighted by Crippen LogP contribution is 2.60. The van der Waals surface area contributed by atoms with E-state index in [1.165, 1.54) is 44.9 Å². The van der Waals surface area contributed by atoms with Gasteiger partial charge in [0.25, 0.3) is 0 Å². The highest BCUT2D eigenvalue weighted by molar-refractivity contribution is 5.24. The molecule has 2 fully saturated rings. The molecule has 1 N–H and O–H groups in total. The first kappa shape index (κ1) is 21.0. The number of rotatable bonds is 11. The standard InChI is InChI=1S/C24H45N/c1-8-16(2)12-18(4)21-14-22-20(6)24(23(22)15-21)19(5)13-17(3)10-9-11-25-7/h16-19,21-25H,6,8-15H2,1-5,7H3. The van der Waals surface area contributed by atoms with Gasteiger partial charge in [-0.3, -0.25) is 0 Å². The van der Waals surface area contributed by atoms with Crippen molar-refractivity contribution in [2.45, 2.75) is 79.6 Å². The average molecular weight is 348 g/mol. The number of allylic oxidation sites excluding steroid dienone is 1. The Hall–Kier alpha value is -0.300. The summed E-state index contributed by atoms with van der Waals surface area (Å²) >= 11 is 0. The Morgan fingerprint density at radius 3 is 2.36 bits per heavy atom. The maximum Gasteiger partial charge on any atom is -0.00518 e. The molecule has 2 saturated carbocycles. The van der Waals surface area contributed by atoms with Gasteiger partial charge in [0.2, 0.25) is 0 Å². The summed E-state index contributed by atoms with van der Waals surface area (Å²) in [5.41, 5.74) is 1.62. The Labute approximate surface area is 158 Å². The molecular formula is C24H45N. The molecule has 0 heterocycles. The molecule has 2 rings (SSSR count). The normalized spacial score (nSPS) is 33.4. The summed E-state index contributed by atoms with van der Waals surface area (Å²) in [6.45, 7) is 18.0. The zero-order chi connectivity index (χ0) is 18.6. The lowest BCUT2D eigenvalue weighted by molar-refractivity contribution is 0.128. The molecule has 0 aliphatic heterocycles. The first-order chi connectivity index (χ1) is 11.9. The summed E-state index contributed by atoms with van der Waals surface area (Å²) in [6.07, 6.45) is 9.78. The first-order valence-electron chi connectivity index (χ1n) is 11.2. The smallest absolute Gasteiger partial charge is 0.00518 e. The molecule has 0 bridgehead atoms. The molecule has 146 valence electrons. The van der Waals surface area contributed by atoms with E-state index < -0.39 is 0 Å². The van der Waals surface area contributed by atoms with Gasteiger partial charge in [-0.2, -0.15) is 0 Å². The van der Waals surface area contributed by atoms with E-state index in [9.17, 15) is 0 Å². The minimum atomic E-state index is 0.831. The molecule has 2 aliphatic carbocycles. The van der Waals surface area contributed by atoms with E-state index in [1.807, 2.05) is 0 Å². The molecule has 1 heteroatoms. The second-order valence-corrected chi connectivity index (χ2v) is 9.89. The predicted molar refractivity (Wildman–Crippen MR) is 112 cm³/mol. The van der Waals surface area contributed by atoms with Gasteiger partial charge >= 0.3 is 0 Å². The van der Waals surface area contributed by atoms with E-state index in [-0.39, 0.29) is 0 Å². The van der Waals surface area contributed by atoms with Crippen molar-refractivity contribution in [1.29, 1.82) is 0 Å². The zero-order valence-electron chi connectivity index (χ0n) is 18.0. The van der Waals surface area contributed by atoms with Crippen LogP contribution in [0.1, 0.15) is 79.6 Å². The van der Waals surface area contributed by atoms with E-state index in [2.05, 4.69) is 53.6 Å². The van der Waals surface area contributed by atoms with Gasteiger partial charge in [-0.25, -0.2) is 0 Å². The second kappa shape index (κ2) is 9.58. The van der Waals surface area contributed by atoms with Crippen LogP contribution in [0.25, 0.3) is 0 Å². The fraction of sp³-hybridized carbons (Fsp3) is 0.917. The van der Waals surface area contributed by atoms with Crippen molar-refractivity contribution in [3.63, 3.8) is 0 Å². The summed E-state index contributed by atoms with van der Waals surface area (Å²) in [5.74, 6) is 7.13. The summed E-state index contributed by atoms with van der Waals surface area (Å²) in [7, 11) is 2.06. The van der Waals surface area contributed by atoms with Crippen molar-refractivity contribution in [2.75, 3.05) is 13.6 Å². The van der Waals surface area contributed by atoms with Gasteiger partial charge in [-0.1, -0.05) is 53.2 Å². The molecule has 8 atom stereocenters. The third-order valence-corrected chi connectivity index (χ3v) is 7.80. The van der Waals surface area contributed by atoms with Gasteiger partial charge in [0.15, 0.2) is 0 Å². The quantitative estimate of drug-likeness (QED) is 0.330. The number of hydrogen-bond donors (Lipinski definition) is 1. The number of nitrogens with one attached hydrogen (secondary N) is 1. The molecule has 0 aromatic carbocycles. The van der Waals surface area contributed by atoms with E-state index >= 15 is 0 Å². The first-order valence-corrected chi connectivity index (χ1v) is 11.2. The molecule has 0 saturated heterocycles. The van der Waals surface area contributed by atoms with E-state index in [1.54, 1.807) is 5.57 Å². The van der Waals surface area contributed by atoms with Crippen molar-refractivity contribution in [2.24, 2.45) is 47.3 Å². The molecule has 0 amide bonds. The van der Waals surface area contributed by atoms with Crippen LogP contribution in [0.4, 0.5) is 0 Å². The van der Waals surface area contributed by atoms with Crippen molar-refractivity contribution >= 4 is 0 Å². The Bertz CT molecular complexity index is 414. The summed E-state index contributed by atoms with van der Waals surface area (Å²) in [6, 6.07) is 0. The van der Waals surface area contributed by atoms with Crippen LogP contribution in [0, 0.1) is 47.3 Å². The molecule has 0 aromatic heterocycles. The lowest BCUT2D eigenvalue weighted by Gasteiger charge is -2.47. The van der Waals surface area contributed by atoms with Crippen molar-refractivity contribution in [1.82, 2.24) is 5.32 Å². The van der Waals surface area contributed by atoms with Crippen LogP contribution in [0.3, 0.4) is 0 Å². The van der Waals surface area contributed by atoms with Crippen LogP contribution in [-0.4, -0.2) is 13.6 Å². The topological polar surface area (TPSA) is 12.0 Å². The zero-order valence-corrected chi connectivity index (χ0v) is 18.0. The SMILES string of the molecule is C=C1C2CC(C(C)CC(C)CC)CC2C1C(C)CC(C)CCCNC. The number of hydrogen-bond acceptors (Lipinski definition) is 1. The lowest BCUT2D eigenvalue weighted by atomic mass is 9.57. The fourth-order valence-corrected chi connectivity index (χ4v) is 6.11.